The summed E-state index contributed by atoms with van der Waals surface area (Å²) in [6.45, 7) is 4.58. The first-order valence-corrected chi connectivity index (χ1v) is 7.65. The number of nitrogens with one attached hydrogen (secondary N) is 1. The van der Waals surface area contributed by atoms with E-state index in [2.05, 4.69) is 18.0 Å². The van der Waals surface area contributed by atoms with Gasteiger partial charge in [-0.15, -0.1) is 0 Å². The highest BCUT2D eigenvalue weighted by atomic mass is 35.5. The van der Waals surface area contributed by atoms with Gasteiger partial charge < -0.3 is 14.5 Å². The normalized spacial score (nSPS) is 18.8. The second-order valence-electron chi connectivity index (χ2n) is 5.38. The van der Waals surface area contributed by atoms with E-state index < -0.39 is 0 Å². The number of rotatable bonds is 5. The number of ether oxygens (including phenoxy) is 2. The second-order valence-corrected chi connectivity index (χ2v) is 5.79. The first-order valence-electron chi connectivity index (χ1n) is 7.28. The monoisotopic (exact) mass is 293 g/mol. The molecule has 1 atom stereocenters. The van der Waals surface area contributed by atoms with Crippen molar-refractivity contribution < 1.29 is 9.47 Å². The molecule has 1 aliphatic rings. The smallest absolute Gasteiger partial charge is 0.139 e. The van der Waals surface area contributed by atoms with Gasteiger partial charge in [-0.2, -0.15) is 0 Å². The second kappa shape index (κ2) is 6.06. The van der Waals surface area contributed by atoms with Crippen molar-refractivity contribution in [3.8, 4) is 5.75 Å². The Kier molecular flexibility index (Phi) is 4.18. The van der Waals surface area contributed by atoms with Crippen LogP contribution in [0.3, 0.4) is 0 Å². The maximum absolute atomic E-state index is 6.29. The van der Waals surface area contributed by atoms with Crippen molar-refractivity contribution in [3.05, 3.63) is 28.9 Å². The fourth-order valence-electron chi connectivity index (χ4n) is 2.64. The van der Waals surface area contributed by atoms with Crippen LogP contribution in [-0.2, 0) is 11.2 Å². The molecule has 3 rings (SSSR count). The molecule has 4 heteroatoms. The van der Waals surface area contributed by atoms with Gasteiger partial charge in [0.25, 0.3) is 0 Å². The maximum atomic E-state index is 6.29. The first-order chi connectivity index (χ1) is 9.76. The Morgan fingerprint density at radius 2 is 2.30 bits per heavy atom. The van der Waals surface area contributed by atoms with Gasteiger partial charge in [0.05, 0.1) is 11.6 Å². The summed E-state index contributed by atoms with van der Waals surface area (Å²) in [6, 6.07) is 6.11. The molecule has 0 bridgehead atoms. The van der Waals surface area contributed by atoms with E-state index in [0.29, 0.717) is 17.5 Å². The molecule has 2 heterocycles. The molecule has 2 aromatic rings. The van der Waals surface area contributed by atoms with Gasteiger partial charge >= 0.3 is 0 Å². The van der Waals surface area contributed by atoms with E-state index in [4.69, 9.17) is 21.1 Å². The Morgan fingerprint density at radius 3 is 3.05 bits per heavy atom. The summed E-state index contributed by atoms with van der Waals surface area (Å²) >= 11 is 6.29. The molecule has 0 saturated carbocycles. The zero-order valence-electron chi connectivity index (χ0n) is 11.7. The third-order valence-electron chi connectivity index (χ3n) is 3.92. The van der Waals surface area contributed by atoms with Gasteiger partial charge in [0, 0.05) is 35.9 Å². The lowest BCUT2D eigenvalue weighted by molar-refractivity contribution is 0.178. The molecule has 0 spiro atoms. The van der Waals surface area contributed by atoms with Crippen LogP contribution in [0.4, 0.5) is 0 Å². The van der Waals surface area contributed by atoms with E-state index in [1.807, 2.05) is 12.1 Å². The van der Waals surface area contributed by atoms with E-state index in [-0.39, 0.29) is 0 Å². The van der Waals surface area contributed by atoms with Crippen LogP contribution in [0.25, 0.3) is 10.9 Å². The minimum absolute atomic E-state index is 0.634. The molecule has 0 radical (unpaired) electrons. The predicted molar refractivity (Wildman–Crippen MR) is 81.7 cm³/mol. The molecule has 1 saturated heterocycles. The molecule has 1 aromatic carbocycles. The quantitative estimate of drug-likeness (QED) is 0.897. The van der Waals surface area contributed by atoms with Gasteiger partial charge in [-0.25, -0.2) is 0 Å². The molecule has 108 valence electrons. The molecular formula is C16H20ClNO2. The summed E-state index contributed by atoms with van der Waals surface area (Å²) in [6.07, 6.45) is 3.16. The Balaban J connectivity index is 1.68. The fraction of sp³-hybridized carbons (Fsp3) is 0.500. The number of halogens is 1. The van der Waals surface area contributed by atoms with Crippen LogP contribution in [-0.4, -0.2) is 24.8 Å². The Bertz CT molecular complexity index is 587. The number of fused-ring (bicyclic) bond motifs is 1. The van der Waals surface area contributed by atoms with Crippen LogP contribution < -0.4 is 4.74 Å². The van der Waals surface area contributed by atoms with Crippen molar-refractivity contribution in [2.45, 2.75) is 26.2 Å². The summed E-state index contributed by atoms with van der Waals surface area (Å²) < 4.78 is 11.2. The number of aryl methyl sites for hydroxylation is 1. The van der Waals surface area contributed by atoms with Gasteiger partial charge in [0.15, 0.2) is 0 Å². The lowest BCUT2D eigenvalue weighted by atomic mass is 10.1. The summed E-state index contributed by atoms with van der Waals surface area (Å²) in [5.74, 6) is 1.40. The van der Waals surface area contributed by atoms with E-state index in [1.165, 1.54) is 5.69 Å². The van der Waals surface area contributed by atoms with E-state index in [0.717, 1.165) is 49.1 Å². The third-order valence-corrected chi connectivity index (χ3v) is 4.21. The van der Waals surface area contributed by atoms with Gasteiger partial charge in [-0.1, -0.05) is 18.5 Å². The molecule has 20 heavy (non-hydrogen) atoms. The molecule has 1 fully saturated rings. The standard InChI is InChI=1S/C16H20ClNO2/c1-2-13-7-12-8-14(17)16(9-15(12)18-13)20-6-4-11-3-5-19-10-11/h7-9,11,18H,2-6,10H2,1H3. The highest BCUT2D eigenvalue weighted by molar-refractivity contribution is 6.32. The summed E-state index contributed by atoms with van der Waals surface area (Å²) in [7, 11) is 0. The molecule has 1 N–H and O–H groups in total. The zero-order valence-corrected chi connectivity index (χ0v) is 12.5. The number of hydrogen-bond donors (Lipinski definition) is 1. The van der Waals surface area contributed by atoms with Crippen molar-refractivity contribution in [2.75, 3.05) is 19.8 Å². The van der Waals surface area contributed by atoms with Crippen LogP contribution in [0.2, 0.25) is 5.02 Å². The van der Waals surface area contributed by atoms with Crippen LogP contribution >= 0.6 is 11.6 Å². The number of aromatic nitrogens is 1. The van der Waals surface area contributed by atoms with Crippen molar-refractivity contribution in [1.29, 1.82) is 0 Å². The average Bonchev–Trinajstić information content (AvgIpc) is 3.07. The molecule has 1 unspecified atom stereocenters. The Labute approximate surface area is 124 Å². The largest absolute Gasteiger partial charge is 0.492 e. The number of H-pyrrole nitrogens is 1. The van der Waals surface area contributed by atoms with Crippen LogP contribution in [0.1, 0.15) is 25.5 Å². The number of benzene rings is 1. The highest BCUT2D eigenvalue weighted by Crippen LogP contribution is 2.31. The minimum Gasteiger partial charge on any atom is -0.492 e. The molecular weight excluding hydrogens is 274 g/mol. The van der Waals surface area contributed by atoms with Gasteiger partial charge in [0.2, 0.25) is 0 Å². The number of aromatic amines is 1. The molecule has 0 amide bonds. The third kappa shape index (κ3) is 2.94. The first kappa shape index (κ1) is 13.8. The summed E-state index contributed by atoms with van der Waals surface area (Å²) in [5.41, 5.74) is 2.31. The van der Waals surface area contributed by atoms with E-state index >= 15 is 0 Å². The topological polar surface area (TPSA) is 34.2 Å². The van der Waals surface area contributed by atoms with Crippen molar-refractivity contribution in [2.24, 2.45) is 5.92 Å². The van der Waals surface area contributed by atoms with Crippen LogP contribution in [0.15, 0.2) is 18.2 Å². The average molecular weight is 294 g/mol. The Hall–Kier alpha value is -1.19. The maximum Gasteiger partial charge on any atom is 0.139 e. The van der Waals surface area contributed by atoms with Gasteiger partial charge in [-0.05, 0) is 37.3 Å². The van der Waals surface area contributed by atoms with Crippen LogP contribution in [0.5, 0.6) is 5.75 Å². The van der Waals surface area contributed by atoms with Crippen molar-refractivity contribution in [1.82, 2.24) is 4.98 Å². The zero-order chi connectivity index (χ0) is 13.9. The van der Waals surface area contributed by atoms with E-state index in [9.17, 15) is 0 Å². The predicted octanol–water partition coefficient (Wildman–Crippen LogP) is 4.19. The summed E-state index contributed by atoms with van der Waals surface area (Å²) in [4.78, 5) is 3.39. The molecule has 1 aromatic heterocycles. The van der Waals surface area contributed by atoms with Crippen LogP contribution in [0, 0.1) is 5.92 Å². The molecule has 1 aliphatic heterocycles. The van der Waals surface area contributed by atoms with Gasteiger partial charge in [0.1, 0.15) is 5.75 Å². The highest BCUT2D eigenvalue weighted by Gasteiger charge is 2.15. The summed E-state index contributed by atoms with van der Waals surface area (Å²) in [5, 5.41) is 1.82. The Morgan fingerprint density at radius 1 is 1.40 bits per heavy atom. The van der Waals surface area contributed by atoms with Crippen molar-refractivity contribution >= 4 is 22.5 Å². The number of hydrogen-bond acceptors (Lipinski definition) is 2. The molecule has 0 aliphatic carbocycles. The minimum atomic E-state index is 0.634. The van der Waals surface area contributed by atoms with Gasteiger partial charge in [-0.3, -0.25) is 0 Å². The van der Waals surface area contributed by atoms with E-state index in [1.54, 1.807) is 0 Å². The fourth-order valence-corrected chi connectivity index (χ4v) is 2.87. The molecule has 3 nitrogen and oxygen atoms in total. The SMILES string of the molecule is CCc1cc2cc(Cl)c(OCCC3CCOC3)cc2[nH]1. The van der Waals surface area contributed by atoms with Crippen molar-refractivity contribution in [3.63, 3.8) is 0 Å². The lowest BCUT2D eigenvalue weighted by Crippen LogP contribution is -2.07. The lowest BCUT2D eigenvalue weighted by Gasteiger charge is -2.11.